The van der Waals surface area contributed by atoms with Crippen molar-refractivity contribution in [2.24, 2.45) is 0 Å². The van der Waals surface area contributed by atoms with E-state index in [1.807, 2.05) is 32.4 Å². The lowest BCUT2D eigenvalue weighted by Crippen LogP contribution is -2.20. The van der Waals surface area contributed by atoms with Gasteiger partial charge in [0.2, 0.25) is 0 Å². The molecule has 0 aliphatic carbocycles. The van der Waals surface area contributed by atoms with Crippen LogP contribution >= 0.6 is 11.8 Å². The van der Waals surface area contributed by atoms with Crippen molar-refractivity contribution in [3.8, 4) is 28.7 Å². The molecule has 0 spiro atoms. The Kier molecular flexibility index (Phi) is 8.18. The number of terminal acetylenes is 1. The first-order valence-electron chi connectivity index (χ1n) is 9.05. The maximum Gasteiger partial charge on any atom is 0.161 e. The third-order valence-electron chi connectivity index (χ3n) is 4.36. The molecule has 2 rings (SSSR count). The van der Waals surface area contributed by atoms with Crippen molar-refractivity contribution in [2.45, 2.75) is 26.7 Å². The summed E-state index contributed by atoms with van der Waals surface area (Å²) in [7, 11) is 1.81. The smallest absolute Gasteiger partial charge is 0.161 e. The number of hydrogen-bond donors (Lipinski definition) is 1. The minimum atomic E-state index is -1.25. The number of benzene rings is 1. The van der Waals surface area contributed by atoms with Crippen LogP contribution in [0.2, 0.25) is 0 Å². The zero-order valence-electron chi connectivity index (χ0n) is 16.8. The molecule has 2 aromatic rings. The largest absolute Gasteiger partial charge is 0.491 e. The Balaban J connectivity index is 2.72. The standard InChI is InChI=1S/C22H23F3N2OS/c1-6-28-22-13(3)8-20(16(11-26-5)14(4)12-29-7-2)27-21(22)15-9-18(24)19(25)10-17(15)23/h2,8-10,12,16,26H,6,11H2,1,3-5H3/b14-12+. The number of nitrogens with zero attached hydrogens (tertiary/aromatic N) is 1. The third-order valence-corrected chi connectivity index (χ3v) is 4.99. The minimum absolute atomic E-state index is 0.136. The molecule has 1 aromatic carbocycles. The minimum Gasteiger partial charge on any atom is -0.491 e. The number of pyridine rings is 1. The molecule has 1 aromatic heterocycles. The van der Waals surface area contributed by atoms with Gasteiger partial charge >= 0.3 is 0 Å². The summed E-state index contributed by atoms with van der Waals surface area (Å²) in [5.41, 5.74) is 2.31. The molecule has 29 heavy (non-hydrogen) atoms. The zero-order chi connectivity index (χ0) is 21.6. The Morgan fingerprint density at radius 1 is 1.28 bits per heavy atom. The van der Waals surface area contributed by atoms with Crippen molar-refractivity contribution in [2.75, 3.05) is 20.2 Å². The molecule has 0 fully saturated rings. The summed E-state index contributed by atoms with van der Waals surface area (Å²) in [6.45, 7) is 6.40. The average Bonchev–Trinajstić information content (AvgIpc) is 2.68. The molecule has 3 nitrogen and oxygen atoms in total. The molecule has 7 heteroatoms. The lowest BCUT2D eigenvalue weighted by Gasteiger charge is -2.21. The molecule has 0 bridgehead atoms. The van der Waals surface area contributed by atoms with Gasteiger partial charge < -0.3 is 10.1 Å². The second kappa shape index (κ2) is 10.4. The maximum atomic E-state index is 14.5. The van der Waals surface area contributed by atoms with E-state index in [0.717, 1.165) is 17.2 Å². The van der Waals surface area contributed by atoms with Crippen molar-refractivity contribution in [3.05, 3.63) is 57.9 Å². The van der Waals surface area contributed by atoms with Gasteiger partial charge in [-0.3, -0.25) is 0 Å². The monoisotopic (exact) mass is 420 g/mol. The average molecular weight is 421 g/mol. The van der Waals surface area contributed by atoms with Crippen molar-refractivity contribution in [1.29, 1.82) is 0 Å². The first-order valence-corrected chi connectivity index (χ1v) is 9.93. The van der Waals surface area contributed by atoms with E-state index < -0.39 is 17.5 Å². The molecule has 1 N–H and O–H groups in total. The van der Waals surface area contributed by atoms with E-state index in [9.17, 15) is 13.2 Å². The third kappa shape index (κ3) is 5.34. The van der Waals surface area contributed by atoms with E-state index in [1.54, 1.807) is 6.92 Å². The van der Waals surface area contributed by atoms with Crippen LogP contribution in [0, 0.1) is 36.1 Å². The van der Waals surface area contributed by atoms with E-state index in [4.69, 9.17) is 11.2 Å². The van der Waals surface area contributed by atoms with Gasteiger partial charge in [0, 0.05) is 24.1 Å². The van der Waals surface area contributed by atoms with Gasteiger partial charge in [0.25, 0.3) is 0 Å². The number of hydrogen-bond acceptors (Lipinski definition) is 4. The van der Waals surface area contributed by atoms with Gasteiger partial charge in [-0.15, -0.1) is 6.42 Å². The van der Waals surface area contributed by atoms with Gasteiger partial charge in [0.15, 0.2) is 11.6 Å². The maximum absolute atomic E-state index is 14.5. The highest BCUT2D eigenvalue weighted by Gasteiger charge is 2.23. The highest BCUT2D eigenvalue weighted by atomic mass is 32.2. The fourth-order valence-corrected chi connectivity index (χ4v) is 3.41. The summed E-state index contributed by atoms with van der Waals surface area (Å²) in [5, 5.41) is 7.46. The van der Waals surface area contributed by atoms with Crippen molar-refractivity contribution in [1.82, 2.24) is 10.3 Å². The second-order valence-electron chi connectivity index (χ2n) is 6.43. The summed E-state index contributed by atoms with van der Waals surface area (Å²) in [6.07, 6.45) is 5.32. The summed E-state index contributed by atoms with van der Waals surface area (Å²) in [5.74, 6) is -3.13. The molecule has 0 saturated heterocycles. The van der Waals surface area contributed by atoms with Gasteiger partial charge in [0.05, 0.1) is 12.3 Å². The molecular formula is C22H23F3N2OS. The Morgan fingerprint density at radius 2 is 1.97 bits per heavy atom. The summed E-state index contributed by atoms with van der Waals surface area (Å²) >= 11 is 1.22. The molecule has 0 aliphatic rings. The zero-order valence-corrected chi connectivity index (χ0v) is 17.6. The number of aryl methyl sites for hydroxylation is 1. The first-order chi connectivity index (χ1) is 13.8. The summed E-state index contributed by atoms with van der Waals surface area (Å²) in [6, 6.07) is 3.18. The number of nitrogens with one attached hydrogen (secondary N) is 1. The first kappa shape index (κ1) is 22.9. The van der Waals surface area contributed by atoms with E-state index in [-0.39, 0.29) is 17.2 Å². The number of thioether (sulfide) groups is 1. The fourth-order valence-electron chi connectivity index (χ4n) is 2.99. The van der Waals surface area contributed by atoms with Crippen LogP contribution in [0.5, 0.6) is 5.75 Å². The van der Waals surface area contributed by atoms with Gasteiger partial charge in [-0.25, -0.2) is 18.2 Å². The van der Waals surface area contributed by atoms with E-state index >= 15 is 0 Å². The van der Waals surface area contributed by atoms with E-state index in [1.165, 1.54) is 11.8 Å². The number of rotatable bonds is 8. The SMILES string of the molecule is C#CS/C=C(\C)C(CNC)c1cc(C)c(OCC)c(-c2cc(F)c(F)cc2F)n1. The number of aromatic nitrogens is 1. The van der Waals surface area contributed by atoms with Gasteiger partial charge in [-0.2, -0.15) is 0 Å². The summed E-state index contributed by atoms with van der Waals surface area (Å²) < 4.78 is 47.5. The Hall–Kier alpha value is -2.43. The van der Waals surface area contributed by atoms with Crippen LogP contribution in [-0.2, 0) is 0 Å². The fraction of sp³-hybridized carbons (Fsp3) is 0.318. The normalized spacial score (nSPS) is 12.6. The van der Waals surface area contributed by atoms with Crippen LogP contribution < -0.4 is 10.1 Å². The van der Waals surface area contributed by atoms with Crippen molar-refractivity contribution < 1.29 is 17.9 Å². The quantitative estimate of drug-likeness (QED) is 0.458. The Bertz CT molecular complexity index is 954. The van der Waals surface area contributed by atoms with Crippen LogP contribution in [0.15, 0.2) is 29.2 Å². The van der Waals surface area contributed by atoms with E-state index in [2.05, 4.69) is 15.6 Å². The predicted molar refractivity (Wildman–Crippen MR) is 112 cm³/mol. The topological polar surface area (TPSA) is 34.1 Å². The second-order valence-corrected chi connectivity index (χ2v) is 7.14. The Labute approximate surface area is 173 Å². The van der Waals surface area contributed by atoms with E-state index in [0.29, 0.717) is 30.7 Å². The molecule has 0 radical (unpaired) electrons. The molecular weight excluding hydrogens is 397 g/mol. The molecule has 1 unspecified atom stereocenters. The lowest BCUT2D eigenvalue weighted by atomic mass is 9.95. The van der Waals surface area contributed by atoms with Crippen LogP contribution in [0.3, 0.4) is 0 Å². The molecule has 1 heterocycles. The van der Waals surface area contributed by atoms with Crippen LogP contribution in [0.25, 0.3) is 11.3 Å². The molecule has 0 amide bonds. The van der Waals surface area contributed by atoms with Gasteiger partial charge in [-0.05, 0) is 67.9 Å². The van der Waals surface area contributed by atoms with Gasteiger partial charge in [0.1, 0.15) is 17.3 Å². The molecule has 154 valence electrons. The number of halogens is 3. The molecule has 1 atom stereocenters. The van der Waals surface area contributed by atoms with Crippen LogP contribution in [0.1, 0.15) is 31.0 Å². The van der Waals surface area contributed by atoms with Crippen molar-refractivity contribution in [3.63, 3.8) is 0 Å². The molecule has 0 saturated carbocycles. The Morgan fingerprint density at radius 3 is 2.59 bits per heavy atom. The lowest BCUT2D eigenvalue weighted by molar-refractivity contribution is 0.337. The number of likely N-dealkylation sites (N-methyl/N-ethyl adjacent to an activating group) is 1. The van der Waals surface area contributed by atoms with Crippen molar-refractivity contribution >= 4 is 11.8 Å². The number of ether oxygens (including phenoxy) is 1. The summed E-state index contributed by atoms with van der Waals surface area (Å²) in [4.78, 5) is 4.61. The highest BCUT2D eigenvalue weighted by molar-refractivity contribution is 8.06. The van der Waals surface area contributed by atoms with Crippen LogP contribution in [0.4, 0.5) is 13.2 Å². The van der Waals surface area contributed by atoms with Gasteiger partial charge in [-0.1, -0.05) is 5.57 Å². The molecule has 0 aliphatic heterocycles. The highest BCUT2D eigenvalue weighted by Crippen LogP contribution is 2.37. The predicted octanol–water partition coefficient (Wildman–Crippen LogP) is 5.40. The van der Waals surface area contributed by atoms with Crippen LogP contribution in [-0.4, -0.2) is 25.2 Å².